The van der Waals surface area contributed by atoms with E-state index < -0.39 is 9.84 Å². The number of hydrogen-bond acceptors (Lipinski definition) is 4. The maximum Gasteiger partial charge on any atom is 0.238 e. The molecule has 2 aromatic carbocycles. The zero-order chi connectivity index (χ0) is 17.5. The first-order valence-electron chi connectivity index (χ1n) is 7.62. The van der Waals surface area contributed by atoms with Gasteiger partial charge in [0.05, 0.1) is 10.1 Å². The minimum Gasteiger partial charge on any atom is -0.325 e. The average molecular weight is 361 g/mol. The first kappa shape index (κ1) is 17.0. The highest BCUT2D eigenvalue weighted by Crippen LogP contribution is 2.38. The van der Waals surface area contributed by atoms with Crippen molar-refractivity contribution in [2.45, 2.75) is 35.3 Å². The van der Waals surface area contributed by atoms with Gasteiger partial charge in [0.15, 0.2) is 9.84 Å². The number of sulfone groups is 1. The average Bonchev–Trinajstić information content (AvgIpc) is 2.91. The molecular formula is C18H19NO3S2. The van der Waals surface area contributed by atoms with E-state index in [1.807, 2.05) is 13.8 Å². The van der Waals surface area contributed by atoms with Gasteiger partial charge in [-0.1, -0.05) is 23.8 Å². The fourth-order valence-electron chi connectivity index (χ4n) is 2.66. The minimum atomic E-state index is -3.30. The summed E-state index contributed by atoms with van der Waals surface area (Å²) in [4.78, 5) is 14.0. The number of hydrogen-bond donors (Lipinski definition) is 1. The number of benzene rings is 2. The summed E-state index contributed by atoms with van der Waals surface area (Å²) in [6.07, 6.45) is 1.85. The molecule has 4 nitrogen and oxygen atoms in total. The van der Waals surface area contributed by atoms with Gasteiger partial charge >= 0.3 is 0 Å². The quantitative estimate of drug-likeness (QED) is 0.910. The van der Waals surface area contributed by atoms with Crippen molar-refractivity contribution in [2.75, 3.05) is 11.6 Å². The van der Waals surface area contributed by atoms with Gasteiger partial charge < -0.3 is 5.32 Å². The fourth-order valence-corrected chi connectivity index (χ4v) is 4.60. The van der Waals surface area contributed by atoms with Gasteiger partial charge in [-0.05, 0) is 49.6 Å². The molecule has 0 saturated heterocycles. The molecule has 1 heterocycles. The van der Waals surface area contributed by atoms with Crippen LogP contribution in [0.15, 0.2) is 46.2 Å². The van der Waals surface area contributed by atoms with Crippen molar-refractivity contribution in [3.63, 3.8) is 0 Å². The zero-order valence-corrected chi connectivity index (χ0v) is 15.4. The summed E-state index contributed by atoms with van der Waals surface area (Å²) in [5, 5.41) is 2.70. The summed E-state index contributed by atoms with van der Waals surface area (Å²) in [5.41, 5.74) is 3.76. The topological polar surface area (TPSA) is 63.2 Å². The third-order valence-corrected chi connectivity index (χ3v) is 6.49. The van der Waals surface area contributed by atoms with E-state index in [-0.39, 0.29) is 16.1 Å². The molecule has 1 aliphatic heterocycles. The predicted octanol–water partition coefficient (Wildman–Crippen LogP) is 3.36. The van der Waals surface area contributed by atoms with Crippen molar-refractivity contribution in [2.24, 2.45) is 0 Å². The Balaban J connectivity index is 1.79. The molecule has 0 radical (unpaired) electrons. The molecule has 2 aromatic rings. The highest BCUT2D eigenvalue weighted by atomic mass is 32.2. The summed E-state index contributed by atoms with van der Waals surface area (Å²) < 4.78 is 23.4. The summed E-state index contributed by atoms with van der Waals surface area (Å²) in [7, 11) is -3.30. The summed E-state index contributed by atoms with van der Waals surface area (Å²) in [5.74, 6) is -0.0948. The summed E-state index contributed by atoms with van der Waals surface area (Å²) in [6.45, 7) is 3.88. The number of thioether (sulfide) groups is 1. The first-order chi connectivity index (χ1) is 11.2. The lowest BCUT2D eigenvalue weighted by Gasteiger charge is -2.13. The lowest BCUT2D eigenvalue weighted by atomic mass is 10.1. The molecule has 1 aliphatic rings. The van der Waals surface area contributed by atoms with Crippen molar-refractivity contribution in [3.05, 3.63) is 53.1 Å². The van der Waals surface area contributed by atoms with E-state index in [4.69, 9.17) is 0 Å². The zero-order valence-electron chi connectivity index (χ0n) is 13.8. The minimum absolute atomic E-state index is 0.0948. The summed E-state index contributed by atoms with van der Waals surface area (Å²) >= 11 is 1.56. The van der Waals surface area contributed by atoms with Crippen LogP contribution in [0.1, 0.15) is 16.7 Å². The number of carbonyl (C=O) groups is 1. The van der Waals surface area contributed by atoms with E-state index in [2.05, 4.69) is 23.5 Å². The van der Waals surface area contributed by atoms with E-state index in [9.17, 15) is 13.2 Å². The Bertz CT molecular complexity index is 920. The van der Waals surface area contributed by atoms with Crippen molar-refractivity contribution in [1.82, 2.24) is 0 Å². The number of aryl methyl sites for hydroxylation is 2. The molecule has 1 atom stereocenters. The van der Waals surface area contributed by atoms with Gasteiger partial charge in [0.2, 0.25) is 5.91 Å². The normalized spacial score (nSPS) is 16.7. The highest BCUT2D eigenvalue weighted by Gasteiger charge is 2.28. The Hall–Kier alpha value is -1.79. The molecular weight excluding hydrogens is 342 g/mol. The molecule has 3 rings (SSSR count). The second kappa shape index (κ2) is 6.26. The highest BCUT2D eigenvalue weighted by molar-refractivity contribution is 8.01. The van der Waals surface area contributed by atoms with Crippen LogP contribution in [-0.4, -0.2) is 25.8 Å². The number of fused-ring (bicyclic) bond motifs is 1. The lowest BCUT2D eigenvalue weighted by Crippen LogP contribution is -2.25. The molecule has 24 heavy (non-hydrogen) atoms. The number of anilines is 1. The predicted molar refractivity (Wildman–Crippen MR) is 97.4 cm³/mol. The standard InChI is InChI=1S/C18H19NO3S2/c1-11-4-6-13-9-17(23-16(13)8-11)18(20)19-15-10-14(24(3,21)22)7-5-12(15)2/h4-8,10,17H,9H2,1-3H3,(H,19,20)/t17-/m0/s1. The first-order valence-corrected chi connectivity index (χ1v) is 10.4. The van der Waals surface area contributed by atoms with Crippen molar-refractivity contribution >= 4 is 33.2 Å². The molecule has 6 heteroatoms. The summed E-state index contributed by atoms with van der Waals surface area (Å²) in [6, 6.07) is 11.0. The van der Waals surface area contributed by atoms with Crippen molar-refractivity contribution < 1.29 is 13.2 Å². The van der Waals surface area contributed by atoms with Crippen LogP contribution >= 0.6 is 11.8 Å². The molecule has 0 unspecified atom stereocenters. The van der Waals surface area contributed by atoms with Crippen LogP contribution in [0.2, 0.25) is 0 Å². The number of rotatable bonds is 3. The molecule has 0 spiro atoms. The second-order valence-corrected chi connectivity index (χ2v) is 9.42. The van der Waals surface area contributed by atoms with Gasteiger partial charge in [-0.15, -0.1) is 11.8 Å². The molecule has 126 valence electrons. The van der Waals surface area contributed by atoms with E-state index in [0.29, 0.717) is 12.1 Å². The van der Waals surface area contributed by atoms with Crippen LogP contribution < -0.4 is 5.32 Å². The Labute approximate surface area is 146 Å². The molecule has 0 fully saturated rings. The number of nitrogens with one attached hydrogen (secondary N) is 1. The van der Waals surface area contributed by atoms with E-state index in [0.717, 1.165) is 16.7 Å². The Morgan fingerprint density at radius 2 is 1.92 bits per heavy atom. The van der Waals surface area contributed by atoms with Crippen molar-refractivity contribution in [3.8, 4) is 0 Å². The van der Waals surface area contributed by atoms with E-state index in [1.54, 1.807) is 23.9 Å². The maximum atomic E-state index is 12.6. The molecule has 1 amide bonds. The molecule has 0 aliphatic carbocycles. The van der Waals surface area contributed by atoms with Crippen LogP contribution in [0, 0.1) is 13.8 Å². The van der Waals surface area contributed by atoms with Crippen LogP contribution in [0.4, 0.5) is 5.69 Å². The van der Waals surface area contributed by atoms with Gasteiger partial charge in [-0.2, -0.15) is 0 Å². The van der Waals surface area contributed by atoms with Crippen LogP contribution in [0.25, 0.3) is 0 Å². The van der Waals surface area contributed by atoms with Crippen LogP contribution in [0.3, 0.4) is 0 Å². The Morgan fingerprint density at radius 1 is 1.17 bits per heavy atom. The smallest absolute Gasteiger partial charge is 0.238 e. The fraction of sp³-hybridized carbons (Fsp3) is 0.278. The van der Waals surface area contributed by atoms with E-state index in [1.165, 1.54) is 17.2 Å². The molecule has 1 N–H and O–H groups in total. The van der Waals surface area contributed by atoms with E-state index >= 15 is 0 Å². The van der Waals surface area contributed by atoms with Crippen LogP contribution in [0.5, 0.6) is 0 Å². The van der Waals surface area contributed by atoms with Gasteiger partial charge in [0, 0.05) is 16.8 Å². The van der Waals surface area contributed by atoms with Crippen LogP contribution in [-0.2, 0) is 21.1 Å². The lowest BCUT2D eigenvalue weighted by molar-refractivity contribution is -0.115. The van der Waals surface area contributed by atoms with Gasteiger partial charge in [-0.25, -0.2) is 8.42 Å². The van der Waals surface area contributed by atoms with Gasteiger partial charge in [0.1, 0.15) is 0 Å². The molecule has 0 aromatic heterocycles. The Kier molecular flexibility index (Phi) is 4.44. The monoisotopic (exact) mass is 361 g/mol. The second-order valence-electron chi connectivity index (χ2n) is 6.16. The SMILES string of the molecule is Cc1ccc2c(c1)S[C@H](C(=O)Nc1cc(S(C)(=O)=O)ccc1C)C2. The van der Waals surface area contributed by atoms with Crippen molar-refractivity contribution in [1.29, 1.82) is 0 Å². The van der Waals surface area contributed by atoms with Gasteiger partial charge in [-0.3, -0.25) is 4.79 Å². The van der Waals surface area contributed by atoms with Gasteiger partial charge in [0.25, 0.3) is 0 Å². The number of amides is 1. The largest absolute Gasteiger partial charge is 0.325 e. The third-order valence-electron chi connectivity index (χ3n) is 4.08. The molecule has 0 saturated carbocycles. The third kappa shape index (κ3) is 3.49. The maximum absolute atomic E-state index is 12.6. The number of carbonyl (C=O) groups excluding carboxylic acids is 1. The molecule has 0 bridgehead atoms. The Morgan fingerprint density at radius 3 is 2.62 bits per heavy atom.